The van der Waals surface area contributed by atoms with Crippen LogP contribution in [0.2, 0.25) is 0 Å². The molecule has 1 aromatic rings. The Morgan fingerprint density at radius 2 is 1.86 bits per heavy atom. The lowest BCUT2D eigenvalue weighted by molar-refractivity contribution is -0.123. The lowest BCUT2D eigenvalue weighted by Gasteiger charge is -2.20. The fraction of sp³-hybridized carbons (Fsp3) is 0.500. The fourth-order valence-electron chi connectivity index (χ4n) is 1.72. The smallest absolute Gasteiger partial charge is 0.242 e. The largest absolute Gasteiger partial charge is 0.384 e. The molecule has 0 bridgehead atoms. The number of sulfonamides is 1. The highest BCUT2D eigenvalue weighted by atomic mass is 32.2. The second kappa shape index (κ2) is 8.11. The number of benzene rings is 1. The van der Waals surface area contributed by atoms with Crippen molar-refractivity contribution in [2.45, 2.75) is 25.9 Å². The highest BCUT2D eigenvalue weighted by molar-refractivity contribution is 7.89. The molecule has 1 amide bonds. The van der Waals surface area contributed by atoms with Crippen LogP contribution in [0.4, 0.5) is 0 Å². The van der Waals surface area contributed by atoms with Crippen molar-refractivity contribution < 1.29 is 17.9 Å². The van der Waals surface area contributed by atoms with E-state index in [1.165, 1.54) is 7.11 Å². The van der Waals surface area contributed by atoms with Gasteiger partial charge in [0.25, 0.3) is 0 Å². The minimum Gasteiger partial charge on any atom is -0.384 e. The molecular formula is C14H22N2O4S. The van der Waals surface area contributed by atoms with Crippen LogP contribution in [-0.2, 0) is 19.6 Å². The van der Waals surface area contributed by atoms with Crippen LogP contribution in [0, 0.1) is 0 Å². The normalized spacial score (nSPS) is 13.1. The molecule has 1 atom stereocenters. The first-order valence-electron chi connectivity index (χ1n) is 6.70. The van der Waals surface area contributed by atoms with Gasteiger partial charge in [0.2, 0.25) is 15.9 Å². The molecule has 1 aromatic carbocycles. The maximum absolute atomic E-state index is 12.2. The van der Waals surface area contributed by atoms with Crippen molar-refractivity contribution in [3.05, 3.63) is 35.9 Å². The van der Waals surface area contributed by atoms with Crippen molar-refractivity contribution in [2.75, 3.05) is 19.5 Å². The molecule has 0 spiro atoms. The molecule has 7 heteroatoms. The monoisotopic (exact) mass is 314 g/mol. The van der Waals surface area contributed by atoms with E-state index in [-0.39, 0.29) is 24.3 Å². The van der Waals surface area contributed by atoms with E-state index in [1.54, 1.807) is 30.3 Å². The molecule has 0 aliphatic heterocycles. The van der Waals surface area contributed by atoms with E-state index in [0.717, 1.165) is 0 Å². The molecule has 0 aromatic heterocycles. The lowest BCUT2D eigenvalue weighted by Crippen LogP contribution is -2.43. The van der Waals surface area contributed by atoms with Gasteiger partial charge in [-0.1, -0.05) is 30.3 Å². The van der Waals surface area contributed by atoms with Crippen LogP contribution < -0.4 is 10.0 Å². The van der Waals surface area contributed by atoms with E-state index in [0.29, 0.717) is 5.56 Å². The fourth-order valence-corrected chi connectivity index (χ4v) is 2.82. The van der Waals surface area contributed by atoms with Crippen molar-refractivity contribution in [2.24, 2.45) is 0 Å². The van der Waals surface area contributed by atoms with Crippen LogP contribution in [-0.4, -0.2) is 39.8 Å². The van der Waals surface area contributed by atoms with Gasteiger partial charge in [-0.15, -0.1) is 0 Å². The Bertz CT molecular complexity index is 543. The third kappa shape index (κ3) is 6.24. The minimum atomic E-state index is -3.61. The van der Waals surface area contributed by atoms with Gasteiger partial charge in [0.15, 0.2) is 0 Å². The zero-order valence-electron chi connectivity index (χ0n) is 12.5. The summed E-state index contributed by atoms with van der Waals surface area (Å²) in [6.07, 6.45) is 0. The highest BCUT2D eigenvalue weighted by Gasteiger charge is 2.26. The van der Waals surface area contributed by atoms with Gasteiger partial charge in [-0.25, -0.2) is 8.42 Å². The Labute approximate surface area is 125 Å². The molecule has 21 heavy (non-hydrogen) atoms. The molecule has 0 aliphatic carbocycles. The van der Waals surface area contributed by atoms with E-state index < -0.39 is 16.1 Å². The van der Waals surface area contributed by atoms with Crippen LogP contribution >= 0.6 is 0 Å². The number of amides is 1. The average Bonchev–Trinajstić information content (AvgIpc) is 2.43. The molecule has 0 saturated carbocycles. The van der Waals surface area contributed by atoms with E-state index in [2.05, 4.69) is 10.0 Å². The molecule has 0 saturated heterocycles. The summed E-state index contributed by atoms with van der Waals surface area (Å²) in [5, 5.41) is 2.72. The van der Waals surface area contributed by atoms with Gasteiger partial charge in [-0.05, 0) is 19.4 Å². The first kappa shape index (κ1) is 17.6. The summed E-state index contributed by atoms with van der Waals surface area (Å²) >= 11 is 0. The molecular weight excluding hydrogens is 292 g/mol. The molecule has 1 rings (SSSR count). The summed E-state index contributed by atoms with van der Waals surface area (Å²) in [7, 11) is -2.18. The maximum Gasteiger partial charge on any atom is 0.242 e. The summed E-state index contributed by atoms with van der Waals surface area (Å²) in [6.45, 7) is 3.71. The van der Waals surface area contributed by atoms with Gasteiger partial charge in [0, 0.05) is 13.2 Å². The number of carbonyl (C=O) groups excluding carboxylic acids is 1. The first-order chi connectivity index (χ1) is 9.85. The predicted molar refractivity (Wildman–Crippen MR) is 81.3 cm³/mol. The summed E-state index contributed by atoms with van der Waals surface area (Å²) in [6, 6.07) is 7.72. The van der Waals surface area contributed by atoms with Gasteiger partial charge in [0.05, 0.1) is 12.4 Å². The second-order valence-electron chi connectivity index (χ2n) is 4.94. The van der Waals surface area contributed by atoms with Crippen molar-refractivity contribution in [3.63, 3.8) is 0 Å². The summed E-state index contributed by atoms with van der Waals surface area (Å²) in [5.41, 5.74) is 0.594. The standard InChI is InChI=1S/C14H22N2O4S/c1-11(2)15-14(17)13(12-7-5-4-6-8-12)16-21(18,19)10-9-20-3/h4-8,11,13,16H,9-10H2,1-3H3,(H,15,17)/t13-/m0/s1. The van der Waals surface area contributed by atoms with Crippen molar-refractivity contribution in [1.29, 1.82) is 0 Å². The molecule has 118 valence electrons. The zero-order valence-corrected chi connectivity index (χ0v) is 13.3. The second-order valence-corrected chi connectivity index (χ2v) is 6.81. The number of hydrogen-bond donors (Lipinski definition) is 2. The minimum absolute atomic E-state index is 0.0721. The molecule has 0 unspecified atom stereocenters. The van der Waals surface area contributed by atoms with Crippen molar-refractivity contribution in [3.8, 4) is 0 Å². The Balaban J connectivity index is 2.95. The van der Waals surface area contributed by atoms with Crippen molar-refractivity contribution in [1.82, 2.24) is 10.0 Å². The summed E-state index contributed by atoms with van der Waals surface area (Å²) < 4.78 is 31.2. The van der Waals surface area contributed by atoms with Gasteiger partial charge < -0.3 is 10.1 Å². The van der Waals surface area contributed by atoms with Crippen LogP contribution in [0.5, 0.6) is 0 Å². The first-order valence-corrected chi connectivity index (χ1v) is 8.35. The topological polar surface area (TPSA) is 84.5 Å². The third-order valence-corrected chi connectivity index (χ3v) is 3.98. The van der Waals surface area contributed by atoms with Crippen LogP contribution in [0.1, 0.15) is 25.5 Å². The van der Waals surface area contributed by atoms with Gasteiger partial charge in [0.1, 0.15) is 6.04 Å². The molecule has 6 nitrogen and oxygen atoms in total. The summed E-state index contributed by atoms with van der Waals surface area (Å²) in [5.74, 6) is -0.570. The maximum atomic E-state index is 12.2. The Morgan fingerprint density at radius 1 is 1.24 bits per heavy atom. The highest BCUT2D eigenvalue weighted by Crippen LogP contribution is 2.14. The Morgan fingerprint density at radius 3 is 2.38 bits per heavy atom. The number of ether oxygens (including phenoxy) is 1. The zero-order chi connectivity index (χ0) is 15.9. The van der Waals surface area contributed by atoms with Crippen LogP contribution in [0.15, 0.2) is 30.3 Å². The van der Waals surface area contributed by atoms with Crippen LogP contribution in [0.3, 0.4) is 0 Å². The number of hydrogen-bond acceptors (Lipinski definition) is 4. The van der Waals surface area contributed by atoms with Gasteiger partial charge >= 0.3 is 0 Å². The molecule has 0 radical (unpaired) electrons. The van der Waals surface area contributed by atoms with E-state index in [1.807, 2.05) is 13.8 Å². The molecule has 0 heterocycles. The average molecular weight is 314 g/mol. The molecule has 0 aliphatic rings. The van der Waals surface area contributed by atoms with Gasteiger partial charge in [-0.2, -0.15) is 4.72 Å². The predicted octanol–water partition coefficient (Wildman–Crippen LogP) is 0.818. The quantitative estimate of drug-likeness (QED) is 0.744. The lowest BCUT2D eigenvalue weighted by atomic mass is 10.1. The van der Waals surface area contributed by atoms with Crippen LogP contribution in [0.25, 0.3) is 0 Å². The molecule has 2 N–H and O–H groups in total. The Kier molecular flexibility index (Phi) is 6.80. The Hall–Kier alpha value is -1.44. The SMILES string of the molecule is COCCS(=O)(=O)N[C@H](C(=O)NC(C)C)c1ccccc1. The van der Waals surface area contributed by atoms with Gasteiger partial charge in [-0.3, -0.25) is 4.79 Å². The molecule has 0 fully saturated rings. The number of methoxy groups -OCH3 is 1. The number of nitrogens with one attached hydrogen (secondary N) is 2. The van der Waals surface area contributed by atoms with E-state index >= 15 is 0 Å². The van der Waals surface area contributed by atoms with E-state index in [4.69, 9.17) is 4.74 Å². The van der Waals surface area contributed by atoms with E-state index in [9.17, 15) is 13.2 Å². The third-order valence-electron chi connectivity index (χ3n) is 2.68. The number of rotatable bonds is 8. The summed E-state index contributed by atoms with van der Waals surface area (Å²) in [4.78, 5) is 12.2. The number of carbonyl (C=O) groups is 1. The van der Waals surface area contributed by atoms with Crippen molar-refractivity contribution >= 4 is 15.9 Å².